The Morgan fingerprint density at radius 1 is 0.882 bits per heavy atom. The molecule has 0 aliphatic rings. The first kappa shape index (κ1) is 24.4. The molecule has 7 heteroatoms. The number of methoxy groups -OCH3 is 1. The van der Waals surface area contributed by atoms with E-state index < -0.39 is 0 Å². The second-order valence-electron chi connectivity index (χ2n) is 7.30. The third-order valence-corrected chi connectivity index (χ3v) is 4.82. The molecule has 0 heterocycles. The Morgan fingerprint density at radius 2 is 1.56 bits per heavy atom. The molecule has 3 rings (SSSR count). The highest BCUT2D eigenvalue weighted by Gasteiger charge is 2.10. The van der Waals surface area contributed by atoms with Crippen LogP contribution >= 0.6 is 0 Å². The van der Waals surface area contributed by atoms with Gasteiger partial charge in [0.1, 0.15) is 5.75 Å². The minimum absolute atomic E-state index is 0.183. The molecule has 7 nitrogen and oxygen atoms in total. The molecule has 0 saturated carbocycles. The Bertz CT molecular complexity index is 1120. The molecule has 3 aromatic carbocycles. The molecule has 0 radical (unpaired) electrons. The molecule has 2 N–H and O–H groups in total. The fraction of sp³-hybridized carbons (Fsp3) is 0.185. The fourth-order valence-corrected chi connectivity index (χ4v) is 3.17. The summed E-state index contributed by atoms with van der Waals surface area (Å²) in [5, 5.41) is 5.58. The van der Waals surface area contributed by atoms with E-state index in [0.717, 1.165) is 11.3 Å². The second-order valence-corrected chi connectivity index (χ2v) is 7.30. The Hall–Kier alpha value is -4.26. The van der Waals surface area contributed by atoms with E-state index in [1.165, 1.54) is 0 Å². The van der Waals surface area contributed by atoms with Crippen molar-refractivity contribution < 1.29 is 23.8 Å². The van der Waals surface area contributed by atoms with Crippen LogP contribution in [0.15, 0.2) is 79.4 Å². The van der Waals surface area contributed by atoms with Crippen molar-refractivity contribution >= 4 is 23.2 Å². The Labute approximate surface area is 199 Å². The van der Waals surface area contributed by atoms with E-state index in [4.69, 9.17) is 14.2 Å². The standard InChI is InChI=1S/C27H28N2O5/c1-4-6-19-7-16-24(25(17-19)32-3)34-18-26(30)28-21-10-8-20(9-11-21)27(31)29-22-12-14-23(15-13-22)33-5-2/h4,7-17H,1,5-6,18H2,2-3H3,(H,28,30)(H,29,31). The van der Waals surface area contributed by atoms with Gasteiger partial charge in [0.05, 0.1) is 13.7 Å². The Kier molecular flexibility index (Phi) is 8.68. The normalized spacial score (nSPS) is 10.2. The third kappa shape index (κ3) is 6.87. The van der Waals surface area contributed by atoms with Crippen molar-refractivity contribution in [2.24, 2.45) is 0 Å². The second kappa shape index (κ2) is 12.1. The average Bonchev–Trinajstić information content (AvgIpc) is 2.85. The average molecular weight is 461 g/mol. The number of allylic oxidation sites excluding steroid dienone is 1. The van der Waals surface area contributed by atoms with Gasteiger partial charge in [-0.05, 0) is 79.6 Å². The number of ether oxygens (including phenoxy) is 3. The van der Waals surface area contributed by atoms with E-state index in [-0.39, 0.29) is 18.4 Å². The van der Waals surface area contributed by atoms with Crippen molar-refractivity contribution in [3.8, 4) is 17.2 Å². The lowest BCUT2D eigenvalue weighted by atomic mass is 10.1. The monoisotopic (exact) mass is 460 g/mol. The van der Waals surface area contributed by atoms with Crippen LogP contribution in [-0.2, 0) is 11.2 Å². The van der Waals surface area contributed by atoms with Crippen LogP contribution in [0.2, 0.25) is 0 Å². The largest absolute Gasteiger partial charge is 0.494 e. The summed E-state index contributed by atoms with van der Waals surface area (Å²) in [4.78, 5) is 24.8. The lowest BCUT2D eigenvalue weighted by Gasteiger charge is -2.12. The van der Waals surface area contributed by atoms with Gasteiger partial charge in [-0.3, -0.25) is 9.59 Å². The summed E-state index contributed by atoms with van der Waals surface area (Å²) in [5.74, 6) is 1.19. The van der Waals surface area contributed by atoms with Crippen molar-refractivity contribution in [3.63, 3.8) is 0 Å². The zero-order chi connectivity index (χ0) is 24.3. The molecule has 0 aliphatic carbocycles. The first-order valence-electron chi connectivity index (χ1n) is 10.9. The highest BCUT2D eigenvalue weighted by atomic mass is 16.5. The molecule has 0 aromatic heterocycles. The topological polar surface area (TPSA) is 85.9 Å². The number of rotatable bonds is 11. The van der Waals surface area contributed by atoms with Gasteiger partial charge in [-0.15, -0.1) is 6.58 Å². The van der Waals surface area contributed by atoms with Gasteiger partial charge in [0.15, 0.2) is 18.1 Å². The van der Waals surface area contributed by atoms with E-state index in [9.17, 15) is 9.59 Å². The zero-order valence-corrected chi connectivity index (χ0v) is 19.3. The molecule has 0 atom stereocenters. The van der Waals surface area contributed by atoms with Crippen molar-refractivity contribution in [1.29, 1.82) is 0 Å². The molecule has 34 heavy (non-hydrogen) atoms. The summed E-state index contributed by atoms with van der Waals surface area (Å²) >= 11 is 0. The third-order valence-electron chi connectivity index (χ3n) is 4.82. The van der Waals surface area contributed by atoms with Gasteiger partial charge in [-0.1, -0.05) is 12.1 Å². The number of hydrogen-bond donors (Lipinski definition) is 2. The highest BCUT2D eigenvalue weighted by molar-refractivity contribution is 6.04. The number of hydrogen-bond acceptors (Lipinski definition) is 5. The molecular formula is C27H28N2O5. The predicted molar refractivity (Wildman–Crippen MR) is 133 cm³/mol. The molecule has 176 valence electrons. The maximum absolute atomic E-state index is 12.5. The zero-order valence-electron chi connectivity index (χ0n) is 19.3. The van der Waals surface area contributed by atoms with E-state index >= 15 is 0 Å². The van der Waals surface area contributed by atoms with E-state index in [2.05, 4.69) is 17.2 Å². The molecule has 0 fully saturated rings. The summed E-state index contributed by atoms with van der Waals surface area (Å²) in [5.41, 5.74) is 2.72. The number of carbonyl (C=O) groups is 2. The van der Waals surface area contributed by atoms with Crippen LogP contribution in [0.1, 0.15) is 22.8 Å². The SMILES string of the molecule is C=CCc1ccc(OCC(=O)Nc2ccc(C(=O)Nc3ccc(OCC)cc3)cc2)c(OC)c1. The first-order chi connectivity index (χ1) is 16.5. The number of carbonyl (C=O) groups excluding carboxylic acids is 2. The van der Waals surface area contributed by atoms with E-state index in [1.807, 2.05) is 19.1 Å². The molecule has 3 aromatic rings. The summed E-state index contributed by atoms with van der Waals surface area (Å²) in [7, 11) is 1.55. The molecule has 0 spiro atoms. The minimum atomic E-state index is -0.330. The molecule has 2 amide bonds. The minimum Gasteiger partial charge on any atom is -0.494 e. The van der Waals surface area contributed by atoms with Gasteiger partial charge in [0.25, 0.3) is 11.8 Å². The number of anilines is 2. The maximum atomic E-state index is 12.5. The highest BCUT2D eigenvalue weighted by Crippen LogP contribution is 2.28. The molecular weight excluding hydrogens is 432 g/mol. The van der Waals surface area contributed by atoms with Gasteiger partial charge in [-0.25, -0.2) is 0 Å². The van der Waals surface area contributed by atoms with Crippen LogP contribution < -0.4 is 24.8 Å². The lowest BCUT2D eigenvalue weighted by Crippen LogP contribution is -2.20. The van der Waals surface area contributed by atoms with Crippen molar-refractivity contribution in [3.05, 3.63) is 90.5 Å². The van der Waals surface area contributed by atoms with Crippen LogP contribution in [0, 0.1) is 0 Å². The van der Waals surface area contributed by atoms with Crippen molar-refractivity contribution in [2.45, 2.75) is 13.3 Å². The van der Waals surface area contributed by atoms with Gasteiger partial charge in [-0.2, -0.15) is 0 Å². The number of amides is 2. The summed E-state index contributed by atoms with van der Waals surface area (Å²) in [6.45, 7) is 6.03. The van der Waals surface area contributed by atoms with Crippen molar-refractivity contribution in [2.75, 3.05) is 31.0 Å². The van der Waals surface area contributed by atoms with Crippen LogP contribution in [0.5, 0.6) is 17.2 Å². The van der Waals surface area contributed by atoms with Crippen LogP contribution in [0.25, 0.3) is 0 Å². The van der Waals surface area contributed by atoms with Gasteiger partial charge in [0.2, 0.25) is 0 Å². The fourth-order valence-electron chi connectivity index (χ4n) is 3.17. The first-order valence-corrected chi connectivity index (χ1v) is 10.9. The van der Waals surface area contributed by atoms with Gasteiger partial charge in [0, 0.05) is 16.9 Å². The van der Waals surface area contributed by atoms with Gasteiger partial charge >= 0.3 is 0 Å². The van der Waals surface area contributed by atoms with Crippen LogP contribution in [-0.4, -0.2) is 32.1 Å². The van der Waals surface area contributed by atoms with Crippen LogP contribution in [0.4, 0.5) is 11.4 Å². The Balaban J connectivity index is 1.52. The summed E-state index contributed by atoms with van der Waals surface area (Å²) < 4.78 is 16.4. The summed E-state index contributed by atoms with van der Waals surface area (Å²) in [6, 6.07) is 19.3. The van der Waals surface area contributed by atoms with Gasteiger partial charge < -0.3 is 24.8 Å². The quantitative estimate of drug-likeness (QED) is 0.389. The lowest BCUT2D eigenvalue weighted by molar-refractivity contribution is -0.118. The van der Waals surface area contributed by atoms with Crippen molar-refractivity contribution in [1.82, 2.24) is 0 Å². The maximum Gasteiger partial charge on any atom is 0.262 e. The van der Waals surface area contributed by atoms with E-state index in [0.29, 0.717) is 41.5 Å². The van der Waals surface area contributed by atoms with Crippen LogP contribution in [0.3, 0.4) is 0 Å². The predicted octanol–water partition coefficient (Wildman–Crippen LogP) is 5.09. The number of nitrogens with one attached hydrogen (secondary N) is 2. The number of benzene rings is 3. The smallest absolute Gasteiger partial charge is 0.262 e. The molecule has 0 aliphatic heterocycles. The molecule has 0 unspecified atom stereocenters. The van der Waals surface area contributed by atoms with E-state index in [1.54, 1.807) is 67.8 Å². The summed E-state index contributed by atoms with van der Waals surface area (Å²) in [6.07, 6.45) is 2.52. The molecule has 0 bridgehead atoms. The Morgan fingerprint density at radius 3 is 2.21 bits per heavy atom. The molecule has 0 saturated heterocycles.